The lowest BCUT2D eigenvalue weighted by Gasteiger charge is -2.25. The molecule has 1 aliphatic heterocycles. The number of halogens is 2. The molecule has 1 amide bonds. The van der Waals surface area contributed by atoms with Crippen LogP contribution in [0.5, 0.6) is 0 Å². The number of anilines is 1. The molecule has 2 aromatic rings. The van der Waals surface area contributed by atoms with Crippen molar-refractivity contribution in [3.63, 3.8) is 0 Å². The normalized spacial score (nSPS) is 15.8. The number of carbonyl (C=O) groups is 1. The van der Waals surface area contributed by atoms with E-state index < -0.39 is 15.9 Å². The van der Waals surface area contributed by atoms with Gasteiger partial charge in [-0.2, -0.15) is 4.31 Å². The van der Waals surface area contributed by atoms with Crippen LogP contribution >= 0.6 is 23.2 Å². The van der Waals surface area contributed by atoms with Gasteiger partial charge in [0.1, 0.15) is 10.6 Å². The number of carbonyl (C=O) groups excluding carboxylic acids is 1. The molecule has 26 heavy (non-hydrogen) atoms. The molecule has 1 aromatic carbocycles. The Morgan fingerprint density at radius 1 is 1.15 bits per heavy atom. The van der Waals surface area contributed by atoms with Crippen molar-refractivity contribution in [1.29, 1.82) is 0 Å². The van der Waals surface area contributed by atoms with Crippen LogP contribution in [0.4, 0.5) is 5.69 Å². The smallest absolute Gasteiger partial charge is 0.272 e. The number of aryl methyl sites for hydroxylation is 1. The number of nitrogens with one attached hydrogen (secondary N) is 1. The average molecular weight is 416 g/mol. The van der Waals surface area contributed by atoms with Gasteiger partial charge in [0.2, 0.25) is 10.0 Å². The fourth-order valence-corrected chi connectivity index (χ4v) is 4.88. The zero-order chi connectivity index (χ0) is 18.9. The molecule has 0 saturated carbocycles. The summed E-state index contributed by atoms with van der Waals surface area (Å²) in [5.74, 6) is -0.461. The first-order valence-corrected chi connectivity index (χ1v) is 10.4. The Morgan fingerprint density at radius 2 is 1.85 bits per heavy atom. The molecule has 9 heteroatoms. The molecule has 6 nitrogen and oxygen atoms in total. The predicted octanol–water partition coefficient (Wildman–Crippen LogP) is 3.76. The summed E-state index contributed by atoms with van der Waals surface area (Å²) in [5, 5.41) is 3.23. The molecule has 0 spiro atoms. The standard InChI is InChI=1S/C17H19Cl2N3O3S/c1-21-11-12(26(24,25)22-8-3-2-4-9-22)10-15(21)17(23)20-14-7-5-6-13(18)16(14)19/h5-7,10-11H,2-4,8-9H2,1H3,(H,20,23). The molecule has 1 aliphatic rings. The Morgan fingerprint density at radius 3 is 2.54 bits per heavy atom. The predicted molar refractivity (Wildman–Crippen MR) is 102 cm³/mol. The lowest BCUT2D eigenvalue weighted by Crippen LogP contribution is -2.35. The molecule has 0 unspecified atom stereocenters. The van der Waals surface area contributed by atoms with Crippen molar-refractivity contribution < 1.29 is 13.2 Å². The molecule has 0 radical (unpaired) electrons. The molecule has 0 aliphatic carbocycles. The van der Waals surface area contributed by atoms with Gasteiger partial charge in [0.15, 0.2) is 0 Å². The number of nitrogens with zero attached hydrogens (tertiary/aromatic N) is 2. The van der Waals surface area contributed by atoms with E-state index in [-0.39, 0.29) is 15.6 Å². The third-order valence-corrected chi connectivity index (χ3v) is 7.05. The van der Waals surface area contributed by atoms with E-state index in [0.717, 1.165) is 19.3 Å². The van der Waals surface area contributed by atoms with Crippen LogP contribution < -0.4 is 5.32 Å². The molecule has 140 valence electrons. The minimum atomic E-state index is -3.60. The summed E-state index contributed by atoms with van der Waals surface area (Å²) in [5.41, 5.74) is 0.586. The highest BCUT2D eigenvalue weighted by atomic mass is 35.5. The fraction of sp³-hybridized carbons (Fsp3) is 0.353. The summed E-state index contributed by atoms with van der Waals surface area (Å²) >= 11 is 12.0. The summed E-state index contributed by atoms with van der Waals surface area (Å²) in [6.45, 7) is 1.02. The van der Waals surface area contributed by atoms with Gasteiger partial charge in [-0.25, -0.2) is 8.42 Å². The van der Waals surface area contributed by atoms with Crippen LogP contribution in [0.15, 0.2) is 35.4 Å². The van der Waals surface area contributed by atoms with E-state index in [1.807, 2.05) is 0 Å². The van der Waals surface area contributed by atoms with E-state index in [9.17, 15) is 13.2 Å². The highest BCUT2D eigenvalue weighted by Gasteiger charge is 2.28. The summed E-state index contributed by atoms with van der Waals surface area (Å²) in [6.07, 6.45) is 4.20. The molecule has 1 saturated heterocycles. The Balaban J connectivity index is 1.85. The minimum Gasteiger partial charge on any atom is -0.345 e. The number of hydrogen-bond acceptors (Lipinski definition) is 3. The number of aromatic nitrogens is 1. The van der Waals surface area contributed by atoms with Gasteiger partial charge < -0.3 is 9.88 Å². The zero-order valence-electron chi connectivity index (χ0n) is 14.2. The number of benzene rings is 1. The summed E-state index contributed by atoms with van der Waals surface area (Å²) in [4.78, 5) is 12.7. The zero-order valence-corrected chi connectivity index (χ0v) is 16.5. The number of sulfonamides is 1. The second-order valence-corrected chi connectivity index (χ2v) is 8.92. The van der Waals surface area contributed by atoms with Crippen molar-refractivity contribution in [1.82, 2.24) is 8.87 Å². The van der Waals surface area contributed by atoms with Crippen LogP contribution in [0.25, 0.3) is 0 Å². The highest BCUT2D eigenvalue weighted by Crippen LogP contribution is 2.30. The fourth-order valence-electron chi connectivity index (χ4n) is 2.94. The summed E-state index contributed by atoms with van der Waals surface area (Å²) in [7, 11) is -1.97. The molecule has 3 rings (SSSR count). The van der Waals surface area contributed by atoms with E-state index in [1.54, 1.807) is 25.2 Å². The topological polar surface area (TPSA) is 71.4 Å². The molecular weight excluding hydrogens is 397 g/mol. The Hall–Kier alpha value is -1.54. The molecular formula is C17H19Cl2N3O3S. The molecule has 2 heterocycles. The van der Waals surface area contributed by atoms with Gasteiger partial charge in [-0.3, -0.25) is 4.79 Å². The van der Waals surface area contributed by atoms with Crippen molar-refractivity contribution in [3.05, 3.63) is 46.2 Å². The molecule has 1 aromatic heterocycles. The number of rotatable bonds is 4. The number of piperidine rings is 1. The van der Waals surface area contributed by atoms with Gasteiger partial charge in [0.05, 0.1) is 15.7 Å². The Kier molecular flexibility index (Phi) is 5.62. The molecule has 0 bridgehead atoms. The first kappa shape index (κ1) is 19.2. The highest BCUT2D eigenvalue weighted by molar-refractivity contribution is 7.89. The molecule has 1 N–H and O–H groups in total. The minimum absolute atomic E-state index is 0.115. The largest absolute Gasteiger partial charge is 0.345 e. The first-order valence-electron chi connectivity index (χ1n) is 8.22. The SMILES string of the molecule is Cn1cc(S(=O)(=O)N2CCCCC2)cc1C(=O)Nc1cccc(Cl)c1Cl. The summed E-state index contributed by atoms with van der Waals surface area (Å²) in [6, 6.07) is 6.30. The van der Waals surface area contributed by atoms with Gasteiger partial charge in [0, 0.05) is 26.3 Å². The van der Waals surface area contributed by atoms with Crippen molar-refractivity contribution in [2.24, 2.45) is 7.05 Å². The molecule has 0 atom stereocenters. The van der Waals surface area contributed by atoms with Gasteiger partial charge in [-0.05, 0) is 31.0 Å². The maximum atomic E-state index is 12.8. The Labute approximate surface area is 162 Å². The van der Waals surface area contributed by atoms with E-state index in [0.29, 0.717) is 23.8 Å². The third-order valence-electron chi connectivity index (χ3n) is 4.37. The summed E-state index contributed by atoms with van der Waals surface area (Å²) < 4.78 is 28.5. The lowest BCUT2D eigenvalue weighted by molar-refractivity contribution is 0.101. The molecule has 1 fully saturated rings. The average Bonchev–Trinajstić information content (AvgIpc) is 3.02. The van der Waals surface area contributed by atoms with Crippen LogP contribution in [-0.4, -0.2) is 36.3 Å². The third kappa shape index (κ3) is 3.76. The van der Waals surface area contributed by atoms with E-state index in [4.69, 9.17) is 23.2 Å². The van der Waals surface area contributed by atoms with Crippen molar-refractivity contribution in [3.8, 4) is 0 Å². The first-order chi connectivity index (χ1) is 12.3. The second kappa shape index (κ2) is 7.60. The van der Waals surface area contributed by atoms with Crippen molar-refractivity contribution in [2.75, 3.05) is 18.4 Å². The van der Waals surface area contributed by atoms with Crippen LogP contribution in [0.3, 0.4) is 0 Å². The maximum absolute atomic E-state index is 12.8. The van der Waals surface area contributed by atoms with E-state index in [2.05, 4.69) is 5.32 Å². The number of amides is 1. The van der Waals surface area contributed by atoms with E-state index >= 15 is 0 Å². The lowest BCUT2D eigenvalue weighted by atomic mass is 10.2. The van der Waals surface area contributed by atoms with E-state index in [1.165, 1.54) is 21.1 Å². The van der Waals surface area contributed by atoms with Gasteiger partial charge in [-0.15, -0.1) is 0 Å². The maximum Gasteiger partial charge on any atom is 0.272 e. The van der Waals surface area contributed by atoms with Crippen LogP contribution in [0, 0.1) is 0 Å². The van der Waals surface area contributed by atoms with Gasteiger partial charge >= 0.3 is 0 Å². The number of hydrogen-bond donors (Lipinski definition) is 1. The monoisotopic (exact) mass is 415 g/mol. The van der Waals surface area contributed by atoms with Crippen LogP contribution in [-0.2, 0) is 17.1 Å². The van der Waals surface area contributed by atoms with Crippen LogP contribution in [0.1, 0.15) is 29.8 Å². The van der Waals surface area contributed by atoms with Crippen molar-refractivity contribution >= 4 is 44.8 Å². The van der Waals surface area contributed by atoms with Gasteiger partial charge in [-0.1, -0.05) is 35.7 Å². The Bertz CT molecular complexity index is 935. The van der Waals surface area contributed by atoms with Crippen molar-refractivity contribution in [2.45, 2.75) is 24.2 Å². The van der Waals surface area contributed by atoms with Crippen LogP contribution in [0.2, 0.25) is 10.0 Å². The van der Waals surface area contributed by atoms with Gasteiger partial charge in [0.25, 0.3) is 5.91 Å². The second-order valence-electron chi connectivity index (χ2n) is 6.19. The quantitative estimate of drug-likeness (QED) is 0.825.